The van der Waals surface area contributed by atoms with E-state index in [1.165, 1.54) is 5.56 Å². The third-order valence-electron chi connectivity index (χ3n) is 4.25. The summed E-state index contributed by atoms with van der Waals surface area (Å²) in [5.41, 5.74) is 1.26. The van der Waals surface area contributed by atoms with Crippen LogP contribution in [0.15, 0.2) is 24.3 Å². The first kappa shape index (κ1) is 20.4. The molecule has 26 heavy (non-hydrogen) atoms. The van der Waals surface area contributed by atoms with E-state index in [1.54, 1.807) is 4.90 Å². The van der Waals surface area contributed by atoms with Crippen LogP contribution < -0.4 is 10.1 Å². The number of nitrogens with zero attached hydrogens (tertiary/aromatic N) is 1. The van der Waals surface area contributed by atoms with Crippen LogP contribution in [0.2, 0.25) is 0 Å². The molecule has 144 valence electrons. The van der Waals surface area contributed by atoms with Crippen molar-refractivity contribution in [2.24, 2.45) is 0 Å². The van der Waals surface area contributed by atoms with Crippen LogP contribution in [-0.4, -0.2) is 55.1 Å². The van der Waals surface area contributed by atoms with E-state index in [4.69, 9.17) is 21.1 Å². The Balaban J connectivity index is 1.66. The molecular weight excluding hydrogens is 356 g/mol. The summed E-state index contributed by atoms with van der Waals surface area (Å²) in [7, 11) is 0. The number of halogens is 1. The van der Waals surface area contributed by atoms with Crippen molar-refractivity contribution in [3.05, 3.63) is 29.8 Å². The minimum absolute atomic E-state index is 0.00883. The standard InChI is InChI=1S/C19H27ClN2O4/c1-2-3-15-4-6-17(7-5-15)26-14-18(23)21-16-8-11-22(12-9-16)19(24)25-13-10-20/h4-7,16H,2-3,8-14H2,1H3,(H,21,23). The van der Waals surface area contributed by atoms with E-state index in [1.807, 2.05) is 24.3 Å². The average Bonchev–Trinajstić information content (AvgIpc) is 2.66. The fourth-order valence-electron chi connectivity index (χ4n) is 2.88. The van der Waals surface area contributed by atoms with Crippen molar-refractivity contribution in [3.63, 3.8) is 0 Å². The van der Waals surface area contributed by atoms with Gasteiger partial charge in [-0.2, -0.15) is 0 Å². The molecule has 1 aliphatic rings. The molecule has 7 heteroatoms. The maximum absolute atomic E-state index is 12.1. The quantitative estimate of drug-likeness (QED) is 0.702. The van der Waals surface area contributed by atoms with Gasteiger partial charge in [0.05, 0.1) is 5.88 Å². The first-order valence-electron chi connectivity index (χ1n) is 9.11. The maximum atomic E-state index is 12.1. The van der Waals surface area contributed by atoms with Crippen LogP contribution >= 0.6 is 11.6 Å². The van der Waals surface area contributed by atoms with Crippen LogP contribution in [-0.2, 0) is 16.0 Å². The molecule has 1 aliphatic heterocycles. The van der Waals surface area contributed by atoms with Crippen LogP contribution in [0.25, 0.3) is 0 Å². The zero-order valence-corrected chi connectivity index (χ0v) is 16.0. The summed E-state index contributed by atoms with van der Waals surface area (Å²) in [6.07, 6.45) is 3.20. The van der Waals surface area contributed by atoms with Gasteiger partial charge in [-0.3, -0.25) is 4.79 Å². The molecule has 2 rings (SSSR count). The predicted molar refractivity (Wildman–Crippen MR) is 101 cm³/mol. The SMILES string of the molecule is CCCc1ccc(OCC(=O)NC2CCN(C(=O)OCCCl)CC2)cc1. The van der Waals surface area contributed by atoms with Crippen LogP contribution in [0.4, 0.5) is 4.79 Å². The van der Waals surface area contributed by atoms with Crippen LogP contribution in [0.5, 0.6) is 5.75 Å². The number of alkyl halides is 1. The Labute approximate surface area is 159 Å². The Hall–Kier alpha value is -1.95. The number of likely N-dealkylation sites (tertiary alicyclic amines) is 1. The van der Waals surface area contributed by atoms with Crippen molar-refractivity contribution in [2.45, 2.75) is 38.6 Å². The van der Waals surface area contributed by atoms with E-state index in [-0.39, 0.29) is 31.3 Å². The first-order valence-corrected chi connectivity index (χ1v) is 9.64. The van der Waals surface area contributed by atoms with Gasteiger partial charge in [0.25, 0.3) is 5.91 Å². The van der Waals surface area contributed by atoms with E-state index in [0.29, 0.717) is 37.6 Å². The van der Waals surface area contributed by atoms with Crippen molar-refractivity contribution in [1.82, 2.24) is 10.2 Å². The Morgan fingerprint density at radius 2 is 1.92 bits per heavy atom. The number of hydrogen-bond donors (Lipinski definition) is 1. The number of ether oxygens (including phenoxy) is 2. The molecule has 0 bridgehead atoms. The summed E-state index contributed by atoms with van der Waals surface area (Å²) in [5.74, 6) is 0.835. The second-order valence-electron chi connectivity index (χ2n) is 6.31. The maximum Gasteiger partial charge on any atom is 0.409 e. The first-order chi connectivity index (χ1) is 12.6. The molecule has 1 aromatic rings. The summed E-state index contributed by atoms with van der Waals surface area (Å²) in [6, 6.07) is 7.88. The molecule has 0 aliphatic carbocycles. The minimum Gasteiger partial charge on any atom is -0.484 e. The largest absolute Gasteiger partial charge is 0.484 e. The van der Waals surface area contributed by atoms with E-state index >= 15 is 0 Å². The number of hydrogen-bond acceptors (Lipinski definition) is 4. The zero-order chi connectivity index (χ0) is 18.8. The number of aryl methyl sites for hydroxylation is 1. The molecule has 1 saturated heterocycles. The van der Waals surface area contributed by atoms with Gasteiger partial charge in [-0.15, -0.1) is 11.6 Å². The van der Waals surface area contributed by atoms with Gasteiger partial charge in [0.1, 0.15) is 12.4 Å². The lowest BCUT2D eigenvalue weighted by atomic mass is 10.1. The molecule has 0 radical (unpaired) electrons. The van der Waals surface area contributed by atoms with Crippen LogP contribution in [0, 0.1) is 0 Å². The van der Waals surface area contributed by atoms with Crippen molar-refractivity contribution in [3.8, 4) is 5.75 Å². The molecule has 1 N–H and O–H groups in total. The van der Waals surface area contributed by atoms with Gasteiger partial charge in [0.2, 0.25) is 0 Å². The third-order valence-corrected chi connectivity index (χ3v) is 4.41. The smallest absolute Gasteiger partial charge is 0.409 e. The molecule has 1 fully saturated rings. The van der Waals surface area contributed by atoms with Gasteiger partial charge in [-0.1, -0.05) is 25.5 Å². The van der Waals surface area contributed by atoms with Gasteiger partial charge in [0.15, 0.2) is 6.61 Å². The lowest BCUT2D eigenvalue weighted by molar-refractivity contribution is -0.124. The highest BCUT2D eigenvalue weighted by atomic mass is 35.5. The van der Waals surface area contributed by atoms with Crippen molar-refractivity contribution >= 4 is 23.6 Å². The lowest BCUT2D eigenvalue weighted by Crippen LogP contribution is -2.47. The average molecular weight is 383 g/mol. The number of nitrogens with one attached hydrogen (secondary N) is 1. The monoisotopic (exact) mass is 382 g/mol. The fourth-order valence-corrected chi connectivity index (χ4v) is 2.96. The lowest BCUT2D eigenvalue weighted by Gasteiger charge is -2.31. The number of carbonyl (C=O) groups excluding carboxylic acids is 2. The second kappa shape index (κ2) is 10.9. The highest BCUT2D eigenvalue weighted by Gasteiger charge is 2.24. The topological polar surface area (TPSA) is 67.9 Å². The summed E-state index contributed by atoms with van der Waals surface area (Å²) >= 11 is 5.51. The summed E-state index contributed by atoms with van der Waals surface area (Å²) in [4.78, 5) is 25.4. The molecule has 0 atom stereocenters. The molecule has 1 aromatic carbocycles. The third kappa shape index (κ3) is 6.75. The van der Waals surface area contributed by atoms with Gasteiger partial charge < -0.3 is 19.7 Å². The van der Waals surface area contributed by atoms with Gasteiger partial charge >= 0.3 is 6.09 Å². The molecule has 0 saturated carbocycles. The molecule has 0 unspecified atom stereocenters. The van der Waals surface area contributed by atoms with Crippen molar-refractivity contribution in [1.29, 1.82) is 0 Å². The zero-order valence-electron chi connectivity index (χ0n) is 15.2. The fraction of sp³-hybridized carbons (Fsp3) is 0.579. The number of benzene rings is 1. The molecule has 0 spiro atoms. The number of rotatable bonds is 8. The number of amides is 2. The van der Waals surface area contributed by atoms with E-state index in [9.17, 15) is 9.59 Å². The van der Waals surface area contributed by atoms with Crippen LogP contribution in [0.3, 0.4) is 0 Å². The Bertz CT molecular complexity index is 571. The van der Waals surface area contributed by atoms with E-state index in [0.717, 1.165) is 12.8 Å². The Morgan fingerprint density at radius 1 is 1.23 bits per heavy atom. The molecule has 6 nitrogen and oxygen atoms in total. The van der Waals surface area contributed by atoms with Crippen molar-refractivity contribution < 1.29 is 19.1 Å². The van der Waals surface area contributed by atoms with Gasteiger partial charge in [-0.25, -0.2) is 4.79 Å². The Morgan fingerprint density at radius 3 is 2.54 bits per heavy atom. The Kier molecular flexibility index (Phi) is 8.54. The predicted octanol–water partition coefficient (Wildman–Crippen LogP) is 2.97. The minimum atomic E-state index is -0.342. The van der Waals surface area contributed by atoms with E-state index < -0.39 is 0 Å². The molecule has 0 aromatic heterocycles. The van der Waals surface area contributed by atoms with Gasteiger partial charge in [-0.05, 0) is 37.0 Å². The normalized spacial score (nSPS) is 14.8. The summed E-state index contributed by atoms with van der Waals surface area (Å²) in [5, 5.41) is 2.96. The van der Waals surface area contributed by atoms with Crippen LogP contribution in [0.1, 0.15) is 31.7 Å². The molecular formula is C19H27ClN2O4. The highest BCUT2D eigenvalue weighted by molar-refractivity contribution is 6.18. The molecule has 1 heterocycles. The summed E-state index contributed by atoms with van der Waals surface area (Å²) < 4.78 is 10.5. The molecule has 2 amide bonds. The number of carbonyl (C=O) groups is 2. The van der Waals surface area contributed by atoms with E-state index in [2.05, 4.69) is 12.2 Å². The number of piperidine rings is 1. The second-order valence-corrected chi connectivity index (χ2v) is 6.69. The van der Waals surface area contributed by atoms with Gasteiger partial charge in [0, 0.05) is 19.1 Å². The highest BCUT2D eigenvalue weighted by Crippen LogP contribution is 2.14. The van der Waals surface area contributed by atoms with Crippen molar-refractivity contribution in [2.75, 3.05) is 32.2 Å². The summed E-state index contributed by atoms with van der Waals surface area (Å²) in [6.45, 7) is 3.47.